The second-order valence-electron chi connectivity index (χ2n) is 12.0. The molecule has 0 spiro atoms. The van der Waals surface area contributed by atoms with E-state index in [2.05, 4.69) is 0 Å². The smallest absolute Gasteiger partial charge is 0.164 e. The van der Waals surface area contributed by atoms with Crippen LogP contribution in [0.3, 0.4) is 0 Å². The molecule has 12 heteroatoms. The van der Waals surface area contributed by atoms with Gasteiger partial charge in [-0.1, -0.05) is 55.4 Å². The molecule has 0 bridgehead atoms. The predicted octanol–water partition coefficient (Wildman–Crippen LogP) is 4.17. The lowest BCUT2D eigenvalue weighted by molar-refractivity contribution is -0.133. The van der Waals surface area contributed by atoms with E-state index >= 15 is 0 Å². The first-order valence-electron chi connectivity index (χ1n) is 15.4. The maximum Gasteiger partial charge on any atom is 0.164 e. The highest BCUT2D eigenvalue weighted by atomic mass is 32.3. The lowest BCUT2D eigenvalue weighted by Gasteiger charge is -2.11. The first kappa shape index (κ1) is 40.9. The van der Waals surface area contributed by atoms with Gasteiger partial charge in [0, 0.05) is 36.5 Å². The molecule has 0 aliphatic heterocycles. The molecule has 43 heavy (non-hydrogen) atoms. The summed E-state index contributed by atoms with van der Waals surface area (Å²) >= 11 is 0. The summed E-state index contributed by atoms with van der Waals surface area (Å²) in [6, 6.07) is 0. The highest BCUT2D eigenvalue weighted by Gasteiger charge is 2.45. The normalized spacial score (nSPS) is 23.6. The topological polar surface area (TPSA) is 171 Å². The third-order valence-corrected chi connectivity index (χ3v) is 12.9. The number of hydrogen-bond acceptors (Lipinski definition) is 10. The summed E-state index contributed by atoms with van der Waals surface area (Å²) in [5.74, 6) is -2.20. The minimum Gasteiger partial charge on any atom is -0.299 e. The van der Waals surface area contributed by atoms with Crippen molar-refractivity contribution in [2.75, 3.05) is 16.6 Å². The number of ketones is 6. The molecule has 0 saturated heterocycles. The number of hydrogen-bond donors (Lipinski definition) is 0. The molecule has 0 radical (unpaired) electrons. The maximum atomic E-state index is 11.8. The molecule has 0 aromatic carbocycles. The van der Waals surface area contributed by atoms with Crippen LogP contribution in [0.5, 0.6) is 0 Å². The second-order valence-corrected chi connectivity index (χ2v) is 16.8. The van der Waals surface area contributed by atoms with Gasteiger partial charge >= 0.3 is 0 Å². The zero-order valence-corrected chi connectivity index (χ0v) is 28.8. The van der Waals surface area contributed by atoms with Crippen molar-refractivity contribution < 1.29 is 45.6 Å². The molecule has 2 rings (SSSR count). The minimum atomic E-state index is -3.40. The van der Waals surface area contributed by atoms with E-state index in [1.165, 1.54) is 0 Å². The number of sulfone groups is 2. The van der Waals surface area contributed by atoms with Gasteiger partial charge in [0.25, 0.3) is 0 Å². The predicted molar refractivity (Wildman–Crippen MR) is 166 cm³/mol. The van der Waals surface area contributed by atoms with Crippen LogP contribution < -0.4 is 0 Å². The third kappa shape index (κ3) is 14.0. The Morgan fingerprint density at radius 2 is 1.00 bits per heavy atom. The highest BCUT2D eigenvalue weighted by molar-refractivity contribution is 8.08. The van der Waals surface area contributed by atoms with Gasteiger partial charge in [0.2, 0.25) is 0 Å². The summed E-state index contributed by atoms with van der Waals surface area (Å²) in [5, 5.41) is -0.693. The molecular formula is C31H52O10S2. The summed E-state index contributed by atoms with van der Waals surface area (Å²) in [5.41, 5.74) is 0. The van der Waals surface area contributed by atoms with Crippen molar-refractivity contribution in [2.24, 2.45) is 35.5 Å². The fraction of sp³-hybridized carbons (Fsp3) is 0.806. The molecule has 248 valence electrons. The van der Waals surface area contributed by atoms with Crippen molar-refractivity contribution in [1.29, 1.82) is 0 Å². The van der Waals surface area contributed by atoms with Gasteiger partial charge in [0.15, 0.2) is 24.8 Å². The summed E-state index contributed by atoms with van der Waals surface area (Å²) in [6.07, 6.45) is 3.34. The first-order valence-corrected chi connectivity index (χ1v) is 19.0. The van der Waals surface area contributed by atoms with Crippen LogP contribution in [-0.4, -0.2) is 68.1 Å². The molecule has 2 saturated carbocycles. The van der Waals surface area contributed by atoms with Crippen LogP contribution in [0, 0.1) is 35.5 Å². The van der Waals surface area contributed by atoms with Crippen LogP contribution >= 0.6 is 0 Å². The minimum absolute atomic E-state index is 0.0352. The van der Waals surface area contributed by atoms with Gasteiger partial charge in [-0.3, -0.25) is 28.8 Å². The van der Waals surface area contributed by atoms with E-state index in [4.69, 9.17) is 0 Å². The maximum absolute atomic E-state index is 11.8. The lowest BCUT2D eigenvalue weighted by Crippen LogP contribution is -2.26. The number of rotatable bonds is 14. The number of Topliss-reactive ketones (excluding diaryl/α,β-unsaturated/α-hetero) is 6. The summed E-state index contributed by atoms with van der Waals surface area (Å²) in [4.78, 5) is 69.5. The summed E-state index contributed by atoms with van der Waals surface area (Å²) in [6.45, 7) is 14.6. The Balaban J connectivity index is 0.000000627. The molecule has 10 nitrogen and oxygen atoms in total. The van der Waals surface area contributed by atoms with Gasteiger partial charge in [-0.2, -0.15) is 0 Å². The van der Waals surface area contributed by atoms with Crippen molar-refractivity contribution in [3.05, 3.63) is 0 Å². The van der Waals surface area contributed by atoms with Crippen molar-refractivity contribution in [3.63, 3.8) is 0 Å². The SMILES string of the molecule is CC1CC(=O)C(CC2C(=O)CC(C)C2=O)C1=O.CCC(C)C(=O)CC(=O)C(C)CC.CCCS(=O)(=O)CS(=O)(=O)CCC. The van der Waals surface area contributed by atoms with E-state index in [0.29, 0.717) is 12.8 Å². The molecule has 2 aliphatic carbocycles. The number of carbonyl (C=O) groups is 6. The highest BCUT2D eigenvalue weighted by Crippen LogP contribution is 2.34. The van der Waals surface area contributed by atoms with Gasteiger partial charge in [0.05, 0.1) is 29.8 Å². The Labute approximate surface area is 258 Å². The van der Waals surface area contributed by atoms with Crippen LogP contribution in [0.15, 0.2) is 0 Å². The Kier molecular flexibility index (Phi) is 17.8. The quantitative estimate of drug-likeness (QED) is 0.249. The molecular weight excluding hydrogens is 596 g/mol. The molecule has 6 atom stereocenters. The number of carbonyl (C=O) groups excluding carboxylic acids is 6. The van der Waals surface area contributed by atoms with Gasteiger partial charge in [-0.25, -0.2) is 16.8 Å². The average molecular weight is 649 g/mol. The van der Waals surface area contributed by atoms with Gasteiger partial charge in [-0.15, -0.1) is 0 Å². The van der Waals surface area contributed by atoms with Crippen LogP contribution in [0.2, 0.25) is 0 Å². The first-order chi connectivity index (χ1) is 19.8. The van der Waals surface area contributed by atoms with E-state index in [9.17, 15) is 45.6 Å². The molecule has 6 unspecified atom stereocenters. The molecule has 2 fully saturated rings. The summed E-state index contributed by atoms with van der Waals surface area (Å²) < 4.78 is 44.6. The molecule has 0 amide bonds. The van der Waals surface area contributed by atoms with Crippen LogP contribution in [0.1, 0.15) is 107 Å². The van der Waals surface area contributed by atoms with Crippen molar-refractivity contribution in [3.8, 4) is 0 Å². The van der Waals surface area contributed by atoms with Crippen LogP contribution in [0.4, 0.5) is 0 Å². The Hall–Kier alpha value is -2.08. The van der Waals surface area contributed by atoms with Crippen LogP contribution in [-0.2, 0) is 48.4 Å². The third-order valence-electron chi connectivity index (χ3n) is 7.98. The molecule has 2 aliphatic rings. The standard InChI is InChI=1S/C13H16O4.C11H20O2.C7H16O4S2/c1-6-3-10(14)8(12(6)16)5-9-11(15)4-7(2)13(9)17;1-5-8(3)10(12)7-11(13)9(4)6-2;1-3-5-12(8,9)7-13(10,11)6-4-2/h6-9H,3-5H2,1-2H3;8-9H,5-7H2,1-4H3;3-7H2,1-2H3. The fourth-order valence-corrected chi connectivity index (χ4v) is 9.19. The van der Waals surface area contributed by atoms with Crippen LogP contribution in [0.25, 0.3) is 0 Å². The Morgan fingerprint density at radius 3 is 1.23 bits per heavy atom. The molecule has 0 heterocycles. The lowest BCUT2D eigenvalue weighted by atomic mass is 9.88. The van der Waals surface area contributed by atoms with E-state index in [-0.39, 0.29) is 95.6 Å². The van der Waals surface area contributed by atoms with E-state index in [0.717, 1.165) is 12.8 Å². The Bertz CT molecular complexity index is 1120. The Morgan fingerprint density at radius 1 is 0.674 bits per heavy atom. The van der Waals surface area contributed by atoms with Crippen molar-refractivity contribution in [1.82, 2.24) is 0 Å². The zero-order valence-electron chi connectivity index (χ0n) is 27.1. The molecule has 0 N–H and O–H groups in total. The fourth-order valence-electron chi connectivity index (χ4n) is 4.81. The second kappa shape index (κ2) is 18.7. The average Bonchev–Trinajstić information content (AvgIpc) is 3.29. The molecule has 0 aromatic heterocycles. The monoisotopic (exact) mass is 648 g/mol. The van der Waals surface area contributed by atoms with E-state index in [1.807, 2.05) is 27.7 Å². The molecule has 0 aromatic rings. The van der Waals surface area contributed by atoms with Gasteiger partial charge in [0.1, 0.15) is 34.7 Å². The zero-order chi connectivity index (χ0) is 33.7. The van der Waals surface area contributed by atoms with Crippen molar-refractivity contribution >= 4 is 54.4 Å². The van der Waals surface area contributed by atoms with E-state index < -0.39 is 36.6 Å². The van der Waals surface area contributed by atoms with Gasteiger partial charge < -0.3 is 0 Å². The summed E-state index contributed by atoms with van der Waals surface area (Å²) in [7, 11) is -6.80. The van der Waals surface area contributed by atoms with E-state index in [1.54, 1.807) is 27.7 Å². The largest absolute Gasteiger partial charge is 0.299 e. The van der Waals surface area contributed by atoms with Crippen molar-refractivity contribution in [2.45, 2.75) is 107 Å². The van der Waals surface area contributed by atoms with Gasteiger partial charge in [-0.05, 0) is 32.1 Å².